The molecule has 3 rings (SSSR count). The fourth-order valence-corrected chi connectivity index (χ4v) is 2.80. The fourth-order valence-electron chi connectivity index (χ4n) is 2.62. The van der Waals surface area contributed by atoms with Gasteiger partial charge in [0, 0.05) is 9.13 Å². The van der Waals surface area contributed by atoms with E-state index in [2.05, 4.69) is 0 Å². The average molecular weight is 251 g/mol. The van der Waals surface area contributed by atoms with E-state index in [4.69, 9.17) is 21.4 Å². The van der Waals surface area contributed by atoms with Crippen molar-refractivity contribution in [3.8, 4) is 0 Å². The summed E-state index contributed by atoms with van der Waals surface area (Å²) < 4.78 is 24.5. The number of primary amides is 1. The predicted molar refractivity (Wildman–Crippen MR) is 68.6 cm³/mol. The summed E-state index contributed by atoms with van der Waals surface area (Å²) in [6, 6.07) is 5.46. The van der Waals surface area contributed by atoms with Crippen molar-refractivity contribution < 1.29 is 8.91 Å². The maximum absolute atomic E-state index is 11.8. The Bertz CT molecular complexity index is 656. The molecule has 1 aromatic carbocycles. The van der Waals surface area contributed by atoms with Crippen LogP contribution >= 0.6 is 11.6 Å². The summed E-state index contributed by atoms with van der Waals surface area (Å²) in [5, 5.41) is 0.598. The summed E-state index contributed by atoms with van der Waals surface area (Å²) in [4.78, 5) is 11.8. The highest BCUT2D eigenvalue weighted by Gasteiger charge is 2.32. The number of hydrogen-bond acceptors (Lipinski definition) is 1. The van der Waals surface area contributed by atoms with E-state index in [-0.39, 0.29) is 6.42 Å². The largest absolute Gasteiger partial charge is 0.369 e. The van der Waals surface area contributed by atoms with E-state index in [9.17, 15) is 4.79 Å². The molecule has 3 heteroatoms. The molecule has 0 saturated carbocycles. The van der Waals surface area contributed by atoms with E-state index >= 15 is 0 Å². The molecule has 0 aliphatic heterocycles. The molecule has 2 aliphatic carbocycles. The summed E-state index contributed by atoms with van der Waals surface area (Å²) >= 11 is 6.01. The molecule has 0 heterocycles. The number of nitrogens with two attached hydrogens (primary N) is 1. The van der Waals surface area contributed by atoms with E-state index in [0.29, 0.717) is 23.4 Å². The van der Waals surface area contributed by atoms with Crippen LogP contribution < -0.4 is 5.73 Å². The van der Waals surface area contributed by atoms with Crippen molar-refractivity contribution in [1.29, 1.82) is 0 Å². The number of allylic oxidation sites excluding steroid dienone is 1. The lowest BCUT2D eigenvalue weighted by Crippen LogP contribution is -2.27. The topological polar surface area (TPSA) is 43.1 Å². The summed E-state index contributed by atoms with van der Waals surface area (Å²) in [6.07, 6.45) is -0.925. The predicted octanol–water partition coefficient (Wildman–Crippen LogP) is 2.94. The Kier molecular flexibility index (Phi) is 1.81. The molecule has 0 radical (unpaired) electrons. The zero-order chi connectivity index (χ0) is 14.7. The second-order valence-corrected chi connectivity index (χ2v) is 4.79. The molecule has 1 atom stereocenters. The molecule has 0 aromatic heterocycles. The van der Waals surface area contributed by atoms with Crippen molar-refractivity contribution in [2.45, 2.75) is 25.6 Å². The van der Waals surface area contributed by atoms with Crippen LogP contribution in [0.5, 0.6) is 0 Å². The van der Waals surface area contributed by atoms with Crippen molar-refractivity contribution in [2.24, 2.45) is 11.6 Å². The normalized spacial score (nSPS) is 32.2. The van der Waals surface area contributed by atoms with Gasteiger partial charge in [-0.05, 0) is 60.0 Å². The zero-order valence-electron chi connectivity index (χ0n) is 12.2. The lowest BCUT2D eigenvalue weighted by Gasteiger charge is -2.22. The third-order valence-electron chi connectivity index (χ3n) is 3.35. The van der Waals surface area contributed by atoms with Gasteiger partial charge in [-0.2, -0.15) is 0 Å². The summed E-state index contributed by atoms with van der Waals surface area (Å²) in [5.41, 5.74) is 8.65. The molecule has 2 aliphatic rings. The van der Waals surface area contributed by atoms with Crippen molar-refractivity contribution in [2.75, 3.05) is 0 Å². The quantitative estimate of drug-likeness (QED) is 0.818. The Labute approximate surface area is 110 Å². The second-order valence-electron chi connectivity index (χ2n) is 4.35. The van der Waals surface area contributed by atoms with Crippen molar-refractivity contribution >= 4 is 23.1 Å². The molecule has 0 saturated heterocycles. The van der Waals surface area contributed by atoms with Crippen LogP contribution in [0.2, 0.25) is 5.02 Å². The molecule has 0 spiro atoms. The Morgan fingerprint density at radius 1 is 1.59 bits per heavy atom. The van der Waals surface area contributed by atoms with Crippen LogP contribution in [-0.4, -0.2) is 5.91 Å². The van der Waals surface area contributed by atoms with E-state index in [1.807, 2.05) is 12.1 Å². The van der Waals surface area contributed by atoms with Crippen molar-refractivity contribution in [3.05, 3.63) is 39.9 Å². The van der Waals surface area contributed by atoms with Crippen LogP contribution in [0.15, 0.2) is 23.8 Å². The number of amides is 1. The van der Waals surface area contributed by atoms with Crippen molar-refractivity contribution in [1.82, 2.24) is 0 Å². The standard InChI is InChI=1S/C14H14ClNO/c15-9-5-4-8-6-13-10(12(8)7-9)2-1-3-11(13)14(16)17/h4-5,7,11H,1-3,6H2,(H2,16,17)/i3D2,11D. The van der Waals surface area contributed by atoms with Gasteiger partial charge in [-0.25, -0.2) is 0 Å². The fraction of sp³-hybridized carbons (Fsp3) is 0.357. The number of hydrogen-bond donors (Lipinski definition) is 1. The van der Waals surface area contributed by atoms with Crippen LogP contribution in [-0.2, 0) is 11.2 Å². The molecule has 88 valence electrons. The first-order valence-electron chi connectivity index (χ1n) is 7.08. The van der Waals surface area contributed by atoms with Gasteiger partial charge in [0.05, 0.1) is 5.89 Å². The number of rotatable bonds is 1. The Hall–Kier alpha value is -1.28. The number of carbonyl (C=O) groups excluding carboxylic acids is 1. The van der Waals surface area contributed by atoms with Gasteiger partial charge in [-0.15, -0.1) is 0 Å². The minimum absolute atomic E-state index is 0.115. The van der Waals surface area contributed by atoms with Crippen LogP contribution in [0.1, 0.15) is 34.5 Å². The van der Waals surface area contributed by atoms with E-state index in [1.54, 1.807) is 6.07 Å². The van der Waals surface area contributed by atoms with Gasteiger partial charge in [-0.1, -0.05) is 17.7 Å². The van der Waals surface area contributed by atoms with Gasteiger partial charge < -0.3 is 5.73 Å². The third-order valence-corrected chi connectivity index (χ3v) is 3.59. The minimum Gasteiger partial charge on any atom is -0.369 e. The maximum Gasteiger partial charge on any atom is 0.224 e. The molecule has 1 unspecified atom stereocenters. The SMILES string of the molecule is [2H]C1([2H])CCC2=C(Cc3ccc(Cl)cc32)C1([2H])C(N)=O. The van der Waals surface area contributed by atoms with Gasteiger partial charge in [0.1, 0.15) is 0 Å². The highest BCUT2D eigenvalue weighted by molar-refractivity contribution is 6.30. The highest BCUT2D eigenvalue weighted by Crippen LogP contribution is 2.44. The molecule has 0 fully saturated rings. The molecule has 0 bridgehead atoms. The van der Waals surface area contributed by atoms with Gasteiger partial charge in [-0.3, -0.25) is 4.79 Å². The summed E-state index contributed by atoms with van der Waals surface area (Å²) in [7, 11) is 0. The first-order chi connectivity index (χ1) is 9.27. The second kappa shape index (κ2) is 3.88. The zero-order valence-corrected chi connectivity index (χ0v) is 9.97. The van der Waals surface area contributed by atoms with Gasteiger partial charge in [0.15, 0.2) is 0 Å². The highest BCUT2D eigenvalue weighted by atomic mass is 35.5. The molecular formula is C14H14ClNO. The number of benzene rings is 1. The Morgan fingerprint density at radius 3 is 3.18 bits per heavy atom. The van der Waals surface area contributed by atoms with Gasteiger partial charge in [0.25, 0.3) is 0 Å². The lowest BCUT2D eigenvalue weighted by atomic mass is 9.82. The van der Waals surface area contributed by atoms with E-state index < -0.39 is 18.2 Å². The van der Waals surface area contributed by atoms with Gasteiger partial charge in [0.2, 0.25) is 5.91 Å². The smallest absolute Gasteiger partial charge is 0.224 e. The molecule has 1 amide bonds. The van der Waals surface area contributed by atoms with Crippen molar-refractivity contribution in [3.63, 3.8) is 0 Å². The minimum atomic E-state index is -1.99. The van der Waals surface area contributed by atoms with Gasteiger partial charge >= 0.3 is 0 Å². The summed E-state index contributed by atoms with van der Waals surface area (Å²) in [6.45, 7) is 0. The van der Waals surface area contributed by atoms with Crippen LogP contribution in [0.25, 0.3) is 5.57 Å². The monoisotopic (exact) mass is 250 g/mol. The van der Waals surface area contributed by atoms with Crippen LogP contribution in [0, 0.1) is 5.89 Å². The van der Waals surface area contributed by atoms with Crippen LogP contribution in [0.3, 0.4) is 0 Å². The maximum atomic E-state index is 11.8. The summed E-state index contributed by atoms with van der Waals surface area (Å²) in [5.74, 6) is -2.92. The molecule has 1 aromatic rings. The number of halogens is 1. The third kappa shape index (κ3) is 1.67. The Morgan fingerprint density at radius 2 is 2.41 bits per heavy atom. The van der Waals surface area contributed by atoms with Crippen LogP contribution in [0.4, 0.5) is 0 Å². The first kappa shape index (κ1) is 7.93. The van der Waals surface area contributed by atoms with E-state index in [0.717, 1.165) is 16.7 Å². The average Bonchev–Trinajstić information content (AvgIpc) is 2.72. The molecule has 17 heavy (non-hydrogen) atoms. The Balaban J connectivity index is 2.21. The first-order valence-corrected chi connectivity index (χ1v) is 5.96. The molecule has 2 N–H and O–H groups in total. The number of fused-ring (bicyclic) bond motifs is 2. The lowest BCUT2D eigenvalue weighted by molar-refractivity contribution is -0.121. The number of carbonyl (C=O) groups is 1. The molecule has 2 nitrogen and oxygen atoms in total. The molecular weight excluding hydrogens is 234 g/mol. The van der Waals surface area contributed by atoms with E-state index in [1.165, 1.54) is 0 Å².